The predicted octanol–water partition coefficient (Wildman–Crippen LogP) is 3.47. The van der Waals surface area contributed by atoms with Crippen LogP contribution in [0.3, 0.4) is 0 Å². The van der Waals surface area contributed by atoms with Gasteiger partial charge in [-0.1, -0.05) is 28.1 Å². The summed E-state index contributed by atoms with van der Waals surface area (Å²) >= 11 is 3.54. The second-order valence-electron chi connectivity index (χ2n) is 6.55. The number of hydrogen-bond donors (Lipinski definition) is 1. The SMILES string of the molecule is Cc1ccc(CNC2CN(C(=O)OC(C)(C)C)C2)cc1Br. The second kappa shape index (κ2) is 6.36. The molecule has 4 nitrogen and oxygen atoms in total. The normalized spacial score (nSPS) is 15.8. The molecule has 1 aromatic rings. The van der Waals surface area contributed by atoms with Crippen molar-refractivity contribution in [2.75, 3.05) is 13.1 Å². The minimum atomic E-state index is -0.427. The fourth-order valence-corrected chi connectivity index (χ4v) is 2.52. The van der Waals surface area contributed by atoms with Crippen LogP contribution in [-0.4, -0.2) is 35.7 Å². The molecule has 2 rings (SSSR count). The van der Waals surface area contributed by atoms with E-state index in [9.17, 15) is 4.79 Å². The number of halogens is 1. The van der Waals surface area contributed by atoms with Crippen LogP contribution < -0.4 is 5.32 Å². The number of carbonyl (C=O) groups excluding carboxylic acids is 1. The van der Waals surface area contributed by atoms with E-state index in [1.54, 1.807) is 4.90 Å². The topological polar surface area (TPSA) is 41.6 Å². The van der Waals surface area contributed by atoms with Crippen molar-refractivity contribution in [3.05, 3.63) is 33.8 Å². The lowest BCUT2D eigenvalue weighted by Gasteiger charge is -2.40. The molecule has 1 fully saturated rings. The van der Waals surface area contributed by atoms with Gasteiger partial charge in [0.25, 0.3) is 0 Å². The highest BCUT2D eigenvalue weighted by Gasteiger charge is 2.33. The van der Waals surface area contributed by atoms with Gasteiger partial charge in [-0.3, -0.25) is 0 Å². The highest BCUT2D eigenvalue weighted by atomic mass is 79.9. The predicted molar refractivity (Wildman–Crippen MR) is 87.3 cm³/mol. The van der Waals surface area contributed by atoms with Gasteiger partial charge in [0.15, 0.2) is 0 Å². The Hall–Kier alpha value is -1.07. The third-order valence-electron chi connectivity index (χ3n) is 3.36. The van der Waals surface area contributed by atoms with Crippen molar-refractivity contribution in [3.63, 3.8) is 0 Å². The lowest BCUT2D eigenvalue weighted by atomic mass is 10.1. The monoisotopic (exact) mass is 354 g/mol. The number of carbonyl (C=O) groups is 1. The number of ether oxygens (including phenoxy) is 1. The molecule has 1 N–H and O–H groups in total. The summed E-state index contributed by atoms with van der Waals surface area (Å²) in [4.78, 5) is 13.5. The zero-order valence-corrected chi connectivity index (χ0v) is 14.7. The van der Waals surface area contributed by atoms with E-state index in [0.29, 0.717) is 19.1 Å². The Labute approximate surface area is 135 Å². The maximum Gasteiger partial charge on any atom is 0.410 e. The fourth-order valence-electron chi connectivity index (χ4n) is 2.09. The summed E-state index contributed by atoms with van der Waals surface area (Å²) in [5.74, 6) is 0. The van der Waals surface area contributed by atoms with E-state index in [1.807, 2.05) is 20.8 Å². The molecule has 1 saturated heterocycles. The number of likely N-dealkylation sites (tertiary alicyclic amines) is 1. The van der Waals surface area contributed by atoms with Crippen LogP contribution in [0.4, 0.5) is 4.79 Å². The number of benzene rings is 1. The van der Waals surface area contributed by atoms with E-state index in [4.69, 9.17) is 4.74 Å². The summed E-state index contributed by atoms with van der Waals surface area (Å²) in [7, 11) is 0. The maximum atomic E-state index is 11.8. The Bertz CT molecular complexity index is 519. The van der Waals surface area contributed by atoms with Crippen molar-refractivity contribution < 1.29 is 9.53 Å². The smallest absolute Gasteiger partial charge is 0.410 e. The van der Waals surface area contributed by atoms with Crippen LogP contribution in [-0.2, 0) is 11.3 Å². The van der Waals surface area contributed by atoms with Gasteiger partial charge in [0.1, 0.15) is 5.60 Å². The molecule has 0 aromatic heterocycles. The fraction of sp³-hybridized carbons (Fsp3) is 0.562. The van der Waals surface area contributed by atoms with Crippen LogP contribution in [0.5, 0.6) is 0 Å². The molecule has 0 spiro atoms. The summed E-state index contributed by atoms with van der Waals surface area (Å²) in [5.41, 5.74) is 2.05. The Morgan fingerprint density at radius 3 is 2.67 bits per heavy atom. The van der Waals surface area contributed by atoms with Crippen molar-refractivity contribution in [1.29, 1.82) is 0 Å². The zero-order chi connectivity index (χ0) is 15.6. The highest BCUT2D eigenvalue weighted by Crippen LogP contribution is 2.19. The van der Waals surface area contributed by atoms with Crippen LogP contribution in [0, 0.1) is 6.92 Å². The van der Waals surface area contributed by atoms with Gasteiger partial charge >= 0.3 is 6.09 Å². The van der Waals surface area contributed by atoms with E-state index in [1.165, 1.54) is 11.1 Å². The third-order valence-corrected chi connectivity index (χ3v) is 4.22. The standard InChI is InChI=1S/C16H23BrN2O2/c1-11-5-6-12(7-14(11)17)8-18-13-9-19(10-13)15(20)21-16(2,3)4/h5-7,13,18H,8-10H2,1-4H3. The average Bonchev–Trinajstić information content (AvgIpc) is 2.29. The molecule has 0 bridgehead atoms. The van der Waals surface area contributed by atoms with Gasteiger partial charge in [-0.25, -0.2) is 4.79 Å². The molecule has 0 unspecified atom stereocenters. The first-order chi connectivity index (χ1) is 9.74. The van der Waals surface area contributed by atoms with Gasteiger partial charge in [-0.2, -0.15) is 0 Å². The highest BCUT2D eigenvalue weighted by molar-refractivity contribution is 9.10. The van der Waals surface area contributed by atoms with E-state index < -0.39 is 5.60 Å². The molecule has 0 saturated carbocycles. The van der Waals surface area contributed by atoms with Gasteiger partial charge in [-0.15, -0.1) is 0 Å². The lowest BCUT2D eigenvalue weighted by Crippen LogP contribution is -2.60. The molecular weight excluding hydrogens is 332 g/mol. The quantitative estimate of drug-likeness (QED) is 0.903. The largest absolute Gasteiger partial charge is 0.444 e. The molecule has 0 radical (unpaired) electrons. The van der Waals surface area contributed by atoms with Gasteiger partial charge < -0.3 is 15.0 Å². The number of aryl methyl sites for hydroxylation is 1. The summed E-state index contributed by atoms with van der Waals surface area (Å²) < 4.78 is 6.47. The zero-order valence-electron chi connectivity index (χ0n) is 13.1. The minimum absolute atomic E-state index is 0.223. The Balaban J connectivity index is 1.73. The number of amides is 1. The van der Waals surface area contributed by atoms with Crippen molar-refractivity contribution in [2.24, 2.45) is 0 Å². The van der Waals surface area contributed by atoms with E-state index in [0.717, 1.165) is 11.0 Å². The molecule has 5 heteroatoms. The third kappa shape index (κ3) is 4.71. The van der Waals surface area contributed by atoms with Crippen LogP contribution in [0.2, 0.25) is 0 Å². The molecule has 1 aliphatic heterocycles. The number of nitrogens with zero attached hydrogens (tertiary/aromatic N) is 1. The molecule has 1 aliphatic rings. The van der Waals surface area contributed by atoms with Crippen molar-refractivity contribution in [2.45, 2.75) is 45.9 Å². The van der Waals surface area contributed by atoms with Gasteiger partial charge in [0.05, 0.1) is 0 Å². The first-order valence-electron chi connectivity index (χ1n) is 7.21. The van der Waals surface area contributed by atoms with Crippen molar-refractivity contribution in [3.8, 4) is 0 Å². The summed E-state index contributed by atoms with van der Waals surface area (Å²) in [6.45, 7) is 9.96. The molecule has 116 valence electrons. The molecule has 1 aromatic carbocycles. The van der Waals surface area contributed by atoms with Crippen LogP contribution in [0.1, 0.15) is 31.9 Å². The molecule has 1 heterocycles. The van der Waals surface area contributed by atoms with Crippen molar-refractivity contribution in [1.82, 2.24) is 10.2 Å². The van der Waals surface area contributed by atoms with Crippen molar-refractivity contribution >= 4 is 22.0 Å². The summed E-state index contributed by atoms with van der Waals surface area (Å²) in [6.07, 6.45) is -0.223. The second-order valence-corrected chi connectivity index (χ2v) is 7.40. The Kier molecular flexibility index (Phi) is 4.94. The average molecular weight is 355 g/mol. The van der Waals surface area contributed by atoms with Gasteiger partial charge in [0.2, 0.25) is 0 Å². The minimum Gasteiger partial charge on any atom is -0.444 e. The van der Waals surface area contributed by atoms with Crippen LogP contribution in [0.25, 0.3) is 0 Å². The summed E-state index contributed by atoms with van der Waals surface area (Å²) in [6, 6.07) is 6.71. The van der Waals surface area contributed by atoms with E-state index >= 15 is 0 Å². The first kappa shape index (κ1) is 16.3. The number of nitrogens with one attached hydrogen (secondary N) is 1. The lowest BCUT2D eigenvalue weighted by molar-refractivity contribution is 0.00519. The summed E-state index contributed by atoms with van der Waals surface area (Å²) in [5, 5.41) is 3.46. The molecule has 0 atom stereocenters. The van der Waals surface area contributed by atoms with Gasteiger partial charge in [-0.05, 0) is 44.9 Å². The molecule has 1 amide bonds. The Morgan fingerprint density at radius 2 is 2.10 bits per heavy atom. The molecular formula is C16H23BrN2O2. The molecule has 0 aliphatic carbocycles. The first-order valence-corrected chi connectivity index (χ1v) is 8.00. The maximum absolute atomic E-state index is 11.8. The van der Waals surface area contributed by atoms with Gasteiger partial charge in [0, 0.05) is 30.1 Å². The van der Waals surface area contributed by atoms with Crippen LogP contribution in [0.15, 0.2) is 22.7 Å². The number of rotatable bonds is 3. The van der Waals surface area contributed by atoms with E-state index in [-0.39, 0.29) is 6.09 Å². The molecule has 21 heavy (non-hydrogen) atoms. The Morgan fingerprint density at radius 1 is 1.43 bits per heavy atom. The van der Waals surface area contributed by atoms with Crippen LogP contribution >= 0.6 is 15.9 Å². The number of hydrogen-bond acceptors (Lipinski definition) is 3. The van der Waals surface area contributed by atoms with E-state index in [2.05, 4.69) is 46.4 Å².